The third-order valence-corrected chi connectivity index (χ3v) is 4.55. The number of hydrogen-bond donors (Lipinski definition) is 1. The molecule has 0 bridgehead atoms. The number of hydrogen-bond acceptors (Lipinski definition) is 6. The summed E-state index contributed by atoms with van der Waals surface area (Å²) in [5.74, 6) is -0.805. The Morgan fingerprint density at radius 2 is 1.94 bits per heavy atom. The number of aromatic amines is 1. The Morgan fingerprint density at radius 1 is 1.19 bits per heavy atom. The van der Waals surface area contributed by atoms with Crippen LogP contribution in [0.5, 0.6) is 0 Å². The number of H-pyrrole nitrogens is 1. The second-order valence-electron chi connectivity index (χ2n) is 6.76. The number of nitrogens with zero attached hydrogens (tertiary/aromatic N) is 3. The second kappa shape index (κ2) is 8.17. The monoisotopic (exact) mass is 444 g/mol. The lowest BCUT2D eigenvalue weighted by Crippen LogP contribution is -2.14. The number of esters is 1. The highest BCUT2D eigenvalue weighted by Crippen LogP contribution is 2.31. The van der Waals surface area contributed by atoms with Gasteiger partial charge in [-0.2, -0.15) is 18.2 Å². The molecule has 11 heteroatoms. The van der Waals surface area contributed by atoms with Crippen molar-refractivity contribution in [2.24, 2.45) is 0 Å². The zero-order valence-corrected chi connectivity index (χ0v) is 16.5. The van der Waals surface area contributed by atoms with E-state index in [9.17, 15) is 22.8 Å². The summed E-state index contributed by atoms with van der Waals surface area (Å²) in [5, 5.41) is 3.68. The van der Waals surface area contributed by atoms with Gasteiger partial charge in [-0.1, -0.05) is 17.3 Å². The summed E-state index contributed by atoms with van der Waals surface area (Å²) in [6.45, 7) is 1.50. The van der Waals surface area contributed by atoms with E-state index in [1.807, 2.05) is 0 Å². The zero-order valence-electron chi connectivity index (χ0n) is 16.5. The highest BCUT2D eigenvalue weighted by Gasteiger charge is 2.31. The third-order valence-electron chi connectivity index (χ3n) is 4.55. The number of nitrogens with one attached hydrogen (secondary N) is 1. The van der Waals surface area contributed by atoms with Crippen molar-refractivity contribution in [1.29, 1.82) is 0 Å². The van der Waals surface area contributed by atoms with E-state index >= 15 is 0 Å². The van der Waals surface area contributed by atoms with Crippen molar-refractivity contribution >= 4 is 5.97 Å². The summed E-state index contributed by atoms with van der Waals surface area (Å²) in [4.78, 5) is 30.6. The second-order valence-corrected chi connectivity index (χ2v) is 6.76. The Morgan fingerprint density at radius 3 is 2.59 bits per heavy atom. The number of imidazole rings is 1. The molecule has 0 aliphatic heterocycles. The molecule has 2 aromatic heterocycles. The van der Waals surface area contributed by atoms with Crippen molar-refractivity contribution < 1.29 is 27.2 Å². The van der Waals surface area contributed by atoms with Gasteiger partial charge < -0.3 is 14.2 Å². The van der Waals surface area contributed by atoms with Gasteiger partial charge in [-0.05, 0) is 43.3 Å². The van der Waals surface area contributed by atoms with Crippen LogP contribution in [0.4, 0.5) is 13.2 Å². The molecule has 4 aromatic rings. The maximum atomic E-state index is 12.9. The summed E-state index contributed by atoms with van der Waals surface area (Å²) < 4.78 is 50.5. The lowest BCUT2D eigenvalue weighted by atomic mass is 10.1. The van der Waals surface area contributed by atoms with Gasteiger partial charge in [-0.15, -0.1) is 0 Å². The average Bonchev–Trinajstić information content (AvgIpc) is 3.43. The molecule has 1 atom stereocenters. The van der Waals surface area contributed by atoms with Gasteiger partial charge in [0.1, 0.15) is 0 Å². The quantitative estimate of drug-likeness (QED) is 0.464. The first-order chi connectivity index (χ1) is 15.2. The number of alkyl halides is 3. The maximum Gasteiger partial charge on any atom is 0.416 e. The first-order valence-corrected chi connectivity index (χ1v) is 9.31. The molecule has 0 saturated carbocycles. The minimum Gasteiger partial charge on any atom is -0.449 e. The lowest BCUT2D eigenvalue weighted by Gasteiger charge is -2.09. The number of halogens is 3. The maximum absolute atomic E-state index is 12.9. The van der Waals surface area contributed by atoms with Crippen LogP contribution in [0.1, 0.15) is 34.8 Å². The van der Waals surface area contributed by atoms with E-state index in [4.69, 9.17) is 9.26 Å². The SMILES string of the molecule is CC(OC(=O)c1ccc(-n2cc[nH]c2=O)cc1)c1nc(-c2cccc(C(F)(F)F)c2)no1. The van der Waals surface area contributed by atoms with Crippen LogP contribution in [0.15, 0.2) is 70.2 Å². The van der Waals surface area contributed by atoms with E-state index < -0.39 is 23.8 Å². The number of benzene rings is 2. The van der Waals surface area contributed by atoms with Crippen molar-refractivity contribution in [2.45, 2.75) is 19.2 Å². The smallest absolute Gasteiger partial charge is 0.416 e. The third kappa shape index (κ3) is 4.31. The molecule has 0 saturated heterocycles. The summed E-state index contributed by atoms with van der Waals surface area (Å²) in [6, 6.07) is 10.6. The van der Waals surface area contributed by atoms with Crippen LogP contribution in [0.25, 0.3) is 17.1 Å². The Balaban J connectivity index is 1.46. The van der Waals surface area contributed by atoms with Crippen LogP contribution >= 0.6 is 0 Å². The molecule has 2 heterocycles. The highest BCUT2D eigenvalue weighted by atomic mass is 19.4. The first-order valence-electron chi connectivity index (χ1n) is 9.31. The van der Waals surface area contributed by atoms with Crippen LogP contribution in [0, 0.1) is 0 Å². The Kier molecular flexibility index (Phi) is 5.39. The average molecular weight is 444 g/mol. The summed E-state index contributed by atoms with van der Waals surface area (Å²) in [5.41, 5.74) is -0.262. The van der Waals surface area contributed by atoms with Gasteiger partial charge in [0.25, 0.3) is 5.89 Å². The molecule has 2 aromatic carbocycles. The fourth-order valence-electron chi connectivity index (χ4n) is 2.91. The first kappa shape index (κ1) is 21.1. The molecular formula is C21H15F3N4O4. The van der Waals surface area contributed by atoms with E-state index in [0.29, 0.717) is 5.69 Å². The van der Waals surface area contributed by atoms with Crippen molar-refractivity contribution in [2.75, 3.05) is 0 Å². The fraction of sp³-hybridized carbons (Fsp3) is 0.143. The molecule has 0 spiro atoms. The van der Waals surface area contributed by atoms with Gasteiger partial charge in [0.2, 0.25) is 5.82 Å². The van der Waals surface area contributed by atoms with Crippen molar-refractivity contribution in [3.63, 3.8) is 0 Å². The predicted octanol–water partition coefficient (Wildman–Crippen LogP) is 4.15. The topological polar surface area (TPSA) is 103 Å². The molecule has 0 aliphatic carbocycles. The summed E-state index contributed by atoms with van der Waals surface area (Å²) >= 11 is 0. The predicted molar refractivity (Wildman–Crippen MR) is 105 cm³/mol. The Bertz CT molecular complexity index is 1310. The largest absolute Gasteiger partial charge is 0.449 e. The normalized spacial score (nSPS) is 12.5. The molecule has 0 radical (unpaired) electrons. The molecule has 8 nitrogen and oxygen atoms in total. The molecule has 1 unspecified atom stereocenters. The van der Waals surface area contributed by atoms with E-state index in [1.165, 1.54) is 42.0 Å². The standard InChI is InChI=1S/C21H15F3N4O4/c1-12(18-26-17(27-32-18)14-3-2-4-15(11-14)21(22,23)24)31-19(29)13-5-7-16(8-6-13)28-10-9-25-20(28)30/h2-12H,1H3,(H,25,30). The van der Waals surface area contributed by atoms with E-state index in [2.05, 4.69) is 15.1 Å². The highest BCUT2D eigenvalue weighted by molar-refractivity contribution is 5.89. The summed E-state index contributed by atoms with van der Waals surface area (Å²) in [6.07, 6.45) is -2.41. The van der Waals surface area contributed by atoms with Gasteiger partial charge in [0, 0.05) is 18.0 Å². The van der Waals surface area contributed by atoms with Crippen LogP contribution in [-0.2, 0) is 10.9 Å². The van der Waals surface area contributed by atoms with Gasteiger partial charge in [0.05, 0.1) is 16.8 Å². The van der Waals surface area contributed by atoms with Gasteiger partial charge in [-0.3, -0.25) is 4.57 Å². The summed E-state index contributed by atoms with van der Waals surface area (Å²) in [7, 11) is 0. The molecule has 32 heavy (non-hydrogen) atoms. The molecule has 0 amide bonds. The molecule has 1 N–H and O–H groups in total. The van der Waals surface area contributed by atoms with Crippen LogP contribution < -0.4 is 5.69 Å². The van der Waals surface area contributed by atoms with Crippen molar-refractivity contribution in [3.8, 4) is 17.1 Å². The lowest BCUT2D eigenvalue weighted by molar-refractivity contribution is -0.137. The fourth-order valence-corrected chi connectivity index (χ4v) is 2.91. The number of rotatable bonds is 5. The van der Waals surface area contributed by atoms with Crippen LogP contribution in [0.2, 0.25) is 0 Å². The van der Waals surface area contributed by atoms with E-state index in [-0.39, 0.29) is 28.5 Å². The Hall–Kier alpha value is -4.15. The van der Waals surface area contributed by atoms with Gasteiger partial charge >= 0.3 is 17.8 Å². The van der Waals surface area contributed by atoms with Gasteiger partial charge in [0.15, 0.2) is 6.10 Å². The minimum atomic E-state index is -4.50. The number of ether oxygens (including phenoxy) is 1. The van der Waals surface area contributed by atoms with Crippen molar-refractivity contribution in [3.05, 3.63) is 88.4 Å². The number of carbonyl (C=O) groups excluding carboxylic acids is 1. The van der Waals surface area contributed by atoms with E-state index in [1.54, 1.807) is 18.3 Å². The molecule has 4 rings (SSSR count). The molecule has 0 aliphatic rings. The van der Waals surface area contributed by atoms with Crippen LogP contribution in [0.3, 0.4) is 0 Å². The number of aromatic nitrogens is 4. The number of carbonyl (C=O) groups is 1. The molecule has 0 fully saturated rings. The zero-order chi connectivity index (χ0) is 22.9. The van der Waals surface area contributed by atoms with E-state index in [0.717, 1.165) is 12.1 Å². The van der Waals surface area contributed by atoms with Crippen molar-refractivity contribution in [1.82, 2.24) is 19.7 Å². The van der Waals surface area contributed by atoms with Gasteiger partial charge in [-0.25, -0.2) is 9.59 Å². The van der Waals surface area contributed by atoms with Crippen LogP contribution in [-0.4, -0.2) is 25.7 Å². The molecular weight excluding hydrogens is 429 g/mol. The Labute approximate surface area is 178 Å². The molecule has 164 valence electrons. The minimum absolute atomic E-state index is 0.0599.